The van der Waals surface area contributed by atoms with Crippen molar-refractivity contribution in [2.75, 3.05) is 0 Å². The third kappa shape index (κ3) is 3.97. The zero-order valence-corrected chi connectivity index (χ0v) is 23.4. The van der Waals surface area contributed by atoms with Crippen LogP contribution in [0.3, 0.4) is 0 Å². The van der Waals surface area contributed by atoms with Gasteiger partial charge in [0.15, 0.2) is 0 Å². The van der Waals surface area contributed by atoms with Crippen molar-refractivity contribution in [1.82, 2.24) is 0 Å². The van der Waals surface area contributed by atoms with Gasteiger partial charge in [0.25, 0.3) is 0 Å². The van der Waals surface area contributed by atoms with Crippen LogP contribution < -0.4 is 0 Å². The molecular weight excluding hydrogens is 494 g/mol. The maximum Gasteiger partial charge on any atom is 0.0612 e. The number of hydrogen-bond acceptors (Lipinski definition) is 1. The summed E-state index contributed by atoms with van der Waals surface area (Å²) in [6.07, 6.45) is 3.90. The minimum absolute atomic E-state index is 0.0369. The second-order valence-electron chi connectivity index (χ2n) is 11.4. The summed E-state index contributed by atoms with van der Waals surface area (Å²) >= 11 is 0. The first-order valence-corrected chi connectivity index (χ1v) is 14.1. The van der Waals surface area contributed by atoms with E-state index in [1.165, 1.54) is 54.9 Å². The zero-order chi connectivity index (χ0) is 28.1. The predicted octanol–water partition coefficient (Wildman–Crippen LogP) is 10.6. The Bertz CT molecular complexity index is 1980. The highest BCUT2D eigenvalue weighted by Gasteiger charge is 2.35. The molecule has 0 saturated heterocycles. The molecule has 0 heterocycles. The monoisotopic (exact) mass is 525 g/mol. The Kier molecular flexibility index (Phi) is 5.83. The lowest BCUT2D eigenvalue weighted by atomic mass is 9.82. The standard InChI is InChI=1S/C40H31N/c1-26(21-24-37(41)28-22-23-36-34(25-28)29-15-11-12-20-35(29)40(36,2)3)38-30-16-7-9-18-32(30)39(27-13-5-4-6-14-27)33-19-10-8-17-31(33)38/h4-25,41H,1H2,2-3H3/b24-21-,41-37?. The van der Waals surface area contributed by atoms with Crippen molar-refractivity contribution in [3.63, 3.8) is 0 Å². The third-order valence-corrected chi connectivity index (χ3v) is 8.66. The van der Waals surface area contributed by atoms with E-state index in [1.807, 2.05) is 12.2 Å². The molecule has 0 bridgehead atoms. The Balaban J connectivity index is 1.30. The summed E-state index contributed by atoms with van der Waals surface area (Å²) < 4.78 is 0. The molecule has 0 aromatic heterocycles. The van der Waals surface area contributed by atoms with E-state index in [0.29, 0.717) is 5.71 Å². The van der Waals surface area contributed by atoms with E-state index in [9.17, 15) is 0 Å². The Labute approximate surface area is 241 Å². The van der Waals surface area contributed by atoms with Crippen LogP contribution in [0.1, 0.15) is 36.1 Å². The maximum absolute atomic E-state index is 8.98. The zero-order valence-electron chi connectivity index (χ0n) is 23.4. The molecule has 196 valence electrons. The van der Waals surface area contributed by atoms with Crippen molar-refractivity contribution < 1.29 is 0 Å². The molecule has 0 spiro atoms. The van der Waals surface area contributed by atoms with E-state index in [2.05, 4.69) is 142 Å². The molecule has 0 atom stereocenters. The van der Waals surface area contributed by atoms with Crippen LogP contribution in [0.2, 0.25) is 0 Å². The van der Waals surface area contributed by atoms with Crippen LogP contribution in [-0.2, 0) is 5.41 Å². The molecule has 0 aliphatic heterocycles. The number of nitrogens with one attached hydrogen (secondary N) is 1. The van der Waals surface area contributed by atoms with Crippen molar-refractivity contribution >= 4 is 32.8 Å². The van der Waals surface area contributed by atoms with Gasteiger partial charge in [-0.1, -0.05) is 142 Å². The van der Waals surface area contributed by atoms with E-state index in [-0.39, 0.29) is 5.41 Å². The van der Waals surface area contributed by atoms with E-state index in [1.54, 1.807) is 0 Å². The quantitative estimate of drug-likeness (QED) is 0.131. The molecule has 0 radical (unpaired) electrons. The van der Waals surface area contributed by atoms with Crippen LogP contribution >= 0.6 is 0 Å². The summed E-state index contributed by atoms with van der Waals surface area (Å²) in [5.74, 6) is 0. The molecule has 1 nitrogen and oxygen atoms in total. The predicted molar refractivity (Wildman–Crippen MR) is 176 cm³/mol. The number of rotatable bonds is 5. The van der Waals surface area contributed by atoms with Crippen molar-refractivity contribution in [1.29, 1.82) is 5.41 Å². The molecule has 1 aliphatic rings. The van der Waals surface area contributed by atoms with E-state index >= 15 is 0 Å². The van der Waals surface area contributed by atoms with Gasteiger partial charge in [0.2, 0.25) is 0 Å². The fourth-order valence-electron chi connectivity index (χ4n) is 6.64. The van der Waals surface area contributed by atoms with Crippen LogP contribution in [0, 0.1) is 5.41 Å². The van der Waals surface area contributed by atoms with Gasteiger partial charge in [-0.05, 0) is 78.2 Å². The van der Waals surface area contributed by atoms with Crippen LogP contribution in [0.15, 0.2) is 140 Å². The van der Waals surface area contributed by atoms with Crippen LogP contribution in [-0.4, -0.2) is 5.71 Å². The molecule has 6 aromatic carbocycles. The minimum atomic E-state index is -0.0369. The van der Waals surface area contributed by atoms with Gasteiger partial charge in [0.05, 0.1) is 5.71 Å². The topological polar surface area (TPSA) is 23.9 Å². The Hall–Kier alpha value is -5.01. The molecule has 6 aromatic rings. The van der Waals surface area contributed by atoms with Gasteiger partial charge in [-0.3, -0.25) is 0 Å². The summed E-state index contributed by atoms with van der Waals surface area (Å²) in [5.41, 5.74) is 11.0. The molecule has 0 fully saturated rings. The summed E-state index contributed by atoms with van der Waals surface area (Å²) in [5, 5.41) is 13.7. The van der Waals surface area contributed by atoms with Crippen molar-refractivity contribution in [3.05, 3.63) is 162 Å². The highest BCUT2D eigenvalue weighted by atomic mass is 14.4. The lowest BCUT2D eigenvalue weighted by Gasteiger charge is -2.21. The highest BCUT2D eigenvalue weighted by Crippen LogP contribution is 2.48. The number of hydrogen-bond donors (Lipinski definition) is 1. The molecule has 1 heteroatoms. The van der Waals surface area contributed by atoms with Gasteiger partial charge in [-0.25, -0.2) is 0 Å². The Morgan fingerprint density at radius 1 is 0.610 bits per heavy atom. The largest absolute Gasteiger partial charge is 0.300 e. The van der Waals surface area contributed by atoms with Gasteiger partial charge in [0, 0.05) is 11.0 Å². The van der Waals surface area contributed by atoms with E-state index < -0.39 is 0 Å². The Morgan fingerprint density at radius 3 is 1.85 bits per heavy atom. The van der Waals surface area contributed by atoms with Crippen LogP contribution in [0.5, 0.6) is 0 Å². The summed E-state index contributed by atoms with van der Waals surface area (Å²) in [4.78, 5) is 0. The molecule has 1 N–H and O–H groups in total. The summed E-state index contributed by atoms with van der Waals surface area (Å²) in [7, 11) is 0. The Morgan fingerprint density at radius 2 is 1.17 bits per heavy atom. The minimum Gasteiger partial charge on any atom is -0.300 e. The van der Waals surface area contributed by atoms with Gasteiger partial charge in [-0.15, -0.1) is 0 Å². The molecule has 1 aliphatic carbocycles. The van der Waals surface area contributed by atoms with Crippen LogP contribution in [0.4, 0.5) is 0 Å². The fourth-order valence-corrected chi connectivity index (χ4v) is 6.64. The average molecular weight is 526 g/mol. The highest BCUT2D eigenvalue weighted by molar-refractivity contribution is 6.19. The van der Waals surface area contributed by atoms with Gasteiger partial charge < -0.3 is 5.41 Å². The molecular formula is C40H31N. The summed E-state index contributed by atoms with van der Waals surface area (Å²) in [6.45, 7) is 9.08. The van der Waals surface area contributed by atoms with Crippen molar-refractivity contribution in [3.8, 4) is 22.3 Å². The smallest absolute Gasteiger partial charge is 0.0612 e. The molecule has 0 saturated carbocycles. The van der Waals surface area contributed by atoms with Gasteiger partial charge >= 0.3 is 0 Å². The first-order valence-electron chi connectivity index (χ1n) is 14.1. The average Bonchev–Trinajstić information content (AvgIpc) is 3.24. The van der Waals surface area contributed by atoms with Crippen molar-refractivity contribution in [2.24, 2.45) is 0 Å². The first-order chi connectivity index (χ1) is 19.9. The van der Waals surface area contributed by atoms with Crippen LogP contribution in [0.25, 0.3) is 49.4 Å². The lowest BCUT2D eigenvalue weighted by molar-refractivity contribution is 0.660. The van der Waals surface area contributed by atoms with E-state index in [0.717, 1.165) is 16.7 Å². The second-order valence-corrected chi connectivity index (χ2v) is 11.4. The lowest BCUT2D eigenvalue weighted by Crippen LogP contribution is -2.14. The number of allylic oxidation sites excluding steroid dienone is 3. The third-order valence-electron chi connectivity index (χ3n) is 8.66. The maximum atomic E-state index is 8.98. The second kappa shape index (κ2) is 9.57. The SMILES string of the molecule is C=C(/C=C\C(=N)c1ccc2c(c1)-c1ccccc1C2(C)C)c1c2ccccc2c(-c2ccccc2)c2ccccc12. The van der Waals surface area contributed by atoms with E-state index in [4.69, 9.17) is 5.41 Å². The number of fused-ring (bicyclic) bond motifs is 5. The molecule has 7 rings (SSSR count). The van der Waals surface area contributed by atoms with Gasteiger partial charge in [-0.2, -0.15) is 0 Å². The van der Waals surface area contributed by atoms with Gasteiger partial charge in [0.1, 0.15) is 0 Å². The van der Waals surface area contributed by atoms with Crippen molar-refractivity contribution in [2.45, 2.75) is 19.3 Å². The molecule has 0 amide bonds. The summed E-state index contributed by atoms with van der Waals surface area (Å²) in [6, 6.07) is 42.9. The molecule has 0 unspecified atom stereocenters. The normalized spacial score (nSPS) is 13.4. The number of benzene rings is 6. The first kappa shape index (κ1) is 25.0. The fraction of sp³-hybridized carbons (Fsp3) is 0.0750. The molecule has 41 heavy (non-hydrogen) atoms.